The fraction of sp³-hybridized carbons (Fsp3) is 0.737. The molecule has 0 bridgehead atoms. The van der Waals surface area contributed by atoms with Crippen molar-refractivity contribution in [3.8, 4) is 0 Å². The third kappa shape index (κ3) is 7.88. The van der Waals surface area contributed by atoms with Crippen molar-refractivity contribution in [2.24, 2.45) is 4.99 Å². The quantitative estimate of drug-likeness (QED) is 0.338. The van der Waals surface area contributed by atoms with Crippen molar-refractivity contribution in [1.82, 2.24) is 15.5 Å². The van der Waals surface area contributed by atoms with E-state index >= 15 is 0 Å². The Morgan fingerprint density at radius 2 is 2.04 bits per heavy atom. The molecule has 1 aromatic heterocycles. The van der Waals surface area contributed by atoms with Gasteiger partial charge in [0.05, 0.1) is 32.5 Å². The largest absolute Gasteiger partial charge is 0.465 e. The van der Waals surface area contributed by atoms with E-state index in [2.05, 4.69) is 26.6 Å². The molecule has 0 aliphatic carbocycles. The van der Waals surface area contributed by atoms with Gasteiger partial charge in [-0.25, -0.2) is 0 Å². The zero-order chi connectivity index (χ0) is 19.3. The number of ether oxygens (including phenoxy) is 3. The lowest BCUT2D eigenvalue weighted by atomic mass is 10.1. The third-order valence-corrected chi connectivity index (χ3v) is 4.45. The van der Waals surface area contributed by atoms with E-state index in [9.17, 15) is 0 Å². The van der Waals surface area contributed by atoms with Gasteiger partial charge in [0.15, 0.2) is 5.96 Å². The van der Waals surface area contributed by atoms with Crippen molar-refractivity contribution >= 4 is 5.96 Å². The van der Waals surface area contributed by atoms with Gasteiger partial charge in [0, 0.05) is 46.9 Å². The van der Waals surface area contributed by atoms with E-state index < -0.39 is 0 Å². The number of nitrogens with zero attached hydrogens (tertiary/aromatic N) is 2. The second-order valence-electron chi connectivity index (χ2n) is 6.45. The van der Waals surface area contributed by atoms with Crippen molar-refractivity contribution in [3.63, 3.8) is 0 Å². The smallest absolute Gasteiger partial charge is 0.191 e. The first kappa shape index (κ1) is 21.7. The summed E-state index contributed by atoms with van der Waals surface area (Å²) in [6.07, 6.45) is 0.911. The van der Waals surface area contributed by atoms with E-state index in [1.54, 1.807) is 14.2 Å². The molecule has 27 heavy (non-hydrogen) atoms. The number of aryl methyl sites for hydroxylation is 1. The fourth-order valence-corrected chi connectivity index (χ4v) is 2.97. The lowest BCUT2D eigenvalue weighted by Gasteiger charge is -2.33. The molecule has 154 valence electrons. The van der Waals surface area contributed by atoms with E-state index in [4.69, 9.17) is 18.6 Å². The minimum absolute atomic E-state index is 0.151. The first-order chi connectivity index (χ1) is 13.2. The van der Waals surface area contributed by atoms with Gasteiger partial charge in [-0.05, 0) is 25.5 Å². The molecule has 0 amide bonds. The summed E-state index contributed by atoms with van der Waals surface area (Å²) in [7, 11) is 3.46. The van der Waals surface area contributed by atoms with E-state index in [0.717, 1.165) is 63.3 Å². The molecule has 0 spiro atoms. The zero-order valence-electron chi connectivity index (χ0n) is 16.8. The fourth-order valence-electron chi connectivity index (χ4n) is 2.97. The highest BCUT2D eigenvalue weighted by atomic mass is 16.5. The molecule has 1 aliphatic heterocycles. The SMILES string of the molecule is CN=C(NCCCOCCOC)NCC(c1ccc(C)o1)N1CCOCC1. The van der Waals surface area contributed by atoms with Gasteiger partial charge >= 0.3 is 0 Å². The number of hydrogen-bond donors (Lipinski definition) is 2. The summed E-state index contributed by atoms with van der Waals surface area (Å²) in [4.78, 5) is 6.71. The van der Waals surface area contributed by atoms with Crippen LogP contribution in [0, 0.1) is 6.92 Å². The monoisotopic (exact) mass is 382 g/mol. The number of hydrogen-bond acceptors (Lipinski definition) is 6. The molecule has 0 aromatic carbocycles. The summed E-state index contributed by atoms with van der Waals surface area (Å²) < 4.78 is 21.8. The highest BCUT2D eigenvalue weighted by Crippen LogP contribution is 2.23. The number of guanidine groups is 1. The molecular formula is C19H34N4O4. The Hall–Kier alpha value is -1.61. The molecule has 8 nitrogen and oxygen atoms in total. The van der Waals surface area contributed by atoms with Gasteiger partial charge in [-0.1, -0.05) is 0 Å². The Kier molecular flexibility index (Phi) is 10.2. The van der Waals surface area contributed by atoms with Crippen LogP contribution in [-0.2, 0) is 14.2 Å². The van der Waals surface area contributed by atoms with Gasteiger partial charge < -0.3 is 29.3 Å². The van der Waals surface area contributed by atoms with E-state index in [0.29, 0.717) is 19.8 Å². The topological polar surface area (TPSA) is 80.5 Å². The maximum atomic E-state index is 5.90. The average Bonchev–Trinajstić information content (AvgIpc) is 3.12. The standard InChI is InChI=1S/C19H34N4O4/c1-16-5-6-18(27-16)17(23-8-11-26-12-9-23)15-22-19(20-2)21-7-4-10-25-14-13-24-3/h5-6,17H,4,7-15H2,1-3H3,(H2,20,21,22). The normalized spacial score (nSPS) is 17.1. The van der Waals surface area contributed by atoms with Crippen LogP contribution < -0.4 is 10.6 Å². The summed E-state index contributed by atoms with van der Waals surface area (Å²) in [5.41, 5.74) is 0. The van der Waals surface area contributed by atoms with Crippen molar-refractivity contribution in [3.05, 3.63) is 23.7 Å². The summed E-state index contributed by atoms with van der Waals surface area (Å²) in [5, 5.41) is 6.75. The predicted octanol–water partition coefficient (Wildman–Crippen LogP) is 1.18. The lowest BCUT2D eigenvalue weighted by molar-refractivity contribution is 0.0124. The van der Waals surface area contributed by atoms with E-state index in [1.807, 2.05) is 13.0 Å². The third-order valence-electron chi connectivity index (χ3n) is 4.45. The molecule has 1 saturated heterocycles. The molecule has 0 saturated carbocycles. The van der Waals surface area contributed by atoms with Crippen LogP contribution in [0.25, 0.3) is 0 Å². The number of aliphatic imine (C=N–C) groups is 1. The van der Waals surface area contributed by atoms with Gasteiger partial charge in [0.25, 0.3) is 0 Å². The van der Waals surface area contributed by atoms with Gasteiger partial charge in [-0.2, -0.15) is 0 Å². The van der Waals surface area contributed by atoms with Crippen LogP contribution in [0.1, 0.15) is 24.0 Å². The van der Waals surface area contributed by atoms with E-state index in [1.165, 1.54) is 0 Å². The zero-order valence-corrected chi connectivity index (χ0v) is 16.8. The second kappa shape index (κ2) is 12.7. The Morgan fingerprint density at radius 1 is 1.22 bits per heavy atom. The van der Waals surface area contributed by atoms with Crippen molar-refractivity contribution < 1.29 is 18.6 Å². The molecule has 1 atom stereocenters. The van der Waals surface area contributed by atoms with Gasteiger partial charge in [-0.3, -0.25) is 9.89 Å². The molecular weight excluding hydrogens is 348 g/mol. The molecule has 1 unspecified atom stereocenters. The Morgan fingerprint density at radius 3 is 2.70 bits per heavy atom. The van der Waals surface area contributed by atoms with Crippen molar-refractivity contribution in [2.45, 2.75) is 19.4 Å². The van der Waals surface area contributed by atoms with E-state index in [-0.39, 0.29) is 6.04 Å². The number of methoxy groups -OCH3 is 1. The van der Waals surface area contributed by atoms with Crippen LogP contribution in [0.2, 0.25) is 0 Å². The van der Waals surface area contributed by atoms with Crippen LogP contribution in [0.4, 0.5) is 0 Å². The minimum Gasteiger partial charge on any atom is -0.465 e. The first-order valence-corrected chi connectivity index (χ1v) is 9.64. The number of rotatable bonds is 11. The molecule has 1 aromatic rings. The molecule has 0 radical (unpaired) electrons. The Bertz CT molecular complexity index is 544. The van der Waals surface area contributed by atoms with Crippen LogP contribution in [0.5, 0.6) is 0 Å². The molecule has 2 N–H and O–H groups in total. The minimum atomic E-state index is 0.151. The van der Waals surface area contributed by atoms with Crippen LogP contribution in [0.3, 0.4) is 0 Å². The summed E-state index contributed by atoms with van der Waals surface area (Å²) >= 11 is 0. The lowest BCUT2D eigenvalue weighted by Crippen LogP contribution is -2.46. The predicted molar refractivity (Wildman–Crippen MR) is 105 cm³/mol. The second-order valence-corrected chi connectivity index (χ2v) is 6.45. The molecule has 2 heterocycles. The number of nitrogens with one attached hydrogen (secondary N) is 2. The molecule has 2 rings (SSSR count). The summed E-state index contributed by atoms with van der Waals surface area (Å²) in [6, 6.07) is 4.22. The van der Waals surface area contributed by atoms with Gasteiger partial charge in [-0.15, -0.1) is 0 Å². The first-order valence-electron chi connectivity index (χ1n) is 9.64. The van der Waals surface area contributed by atoms with Crippen molar-refractivity contribution in [2.75, 3.05) is 73.4 Å². The van der Waals surface area contributed by atoms with Crippen LogP contribution in [-0.4, -0.2) is 84.2 Å². The molecule has 1 fully saturated rings. The number of morpholine rings is 1. The van der Waals surface area contributed by atoms with Gasteiger partial charge in [0.2, 0.25) is 0 Å². The molecule has 8 heteroatoms. The highest BCUT2D eigenvalue weighted by molar-refractivity contribution is 5.79. The van der Waals surface area contributed by atoms with Gasteiger partial charge in [0.1, 0.15) is 11.5 Å². The maximum Gasteiger partial charge on any atom is 0.191 e. The van der Waals surface area contributed by atoms with Crippen LogP contribution in [0.15, 0.2) is 21.5 Å². The molecule has 1 aliphatic rings. The number of furan rings is 1. The van der Waals surface area contributed by atoms with Crippen LogP contribution >= 0.6 is 0 Å². The average molecular weight is 383 g/mol. The summed E-state index contributed by atoms with van der Waals surface area (Å²) in [5.74, 6) is 2.69. The Balaban J connectivity index is 1.78. The Labute approximate surface area is 162 Å². The summed E-state index contributed by atoms with van der Waals surface area (Å²) in [6.45, 7) is 8.77. The maximum absolute atomic E-state index is 5.90. The van der Waals surface area contributed by atoms with Crippen molar-refractivity contribution in [1.29, 1.82) is 0 Å². The highest BCUT2D eigenvalue weighted by Gasteiger charge is 2.25.